The largest absolute Gasteiger partial charge is 0.438 e. The van der Waals surface area contributed by atoms with E-state index in [1.807, 2.05) is 54.6 Å². The Balaban J connectivity index is 2.10. The third-order valence-electron chi connectivity index (χ3n) is 3.02. The summed E-state index contributed by atoms with van der Waals surface area (Å²) in [6.07, 6.45) is 1.78. The van der Waals surface area contributed by atoms with Crippen molar-refractivity contribution in [3.05, 3.63) is 66.4 Å². The predicted molar refractivity (Wildman–Crippen MR) is 76.2 cm³/mol. The lowest BCUT2D eigenvalue weighted by Gasteiger charge is -2.10. The van der Waals surface area contributed by atoms with Crippen LogP contribution in [0.2, 0.25) is 0 Å². The van der Waals surface area contributed by atoms with Gasteiger partial charge >= 0.3 is 0 Å². The number of para-hydroxylation sites is 1. The maximum atomic E-state index is 5.84. The Morgan fingerprint density at radius 3 is 2.32 bits per heavy atom. The van der Waals surface area contributed by atoms with Crippen molar-refractivity contribution in [1.29, 1.82) is 0 Å². The second-order valence-corrected chi connectivity index (χ2v) is 4.25. The van der Waals surface area contributed by atoms with Crippen LogP contribution in [0.25, 0.3) is 10.8 Å². The van der Waals surface area contributed by atoms with Crippen molar-refractivity contribution in [3.63, 3.8) is 0 Å². The fourth-order valence-corrected chi connectivity index (χ4v) is 2.07. The van der Waals surface area contributed by atoms with E-state index >= 15 is 0 Å². The van der Waals surface area contributed by atoms with Gasteiger partial charge in [0.2, 0.25) is 5.88 Å². The molecule has 1 heterocycles. The zero-order chi connectivity index (χ0) is 13.1. The summed E-state index contributed by atoms with van der Waals surface area (Å²) in [5.41, 5.74) is 6.76. The van der Waals surface area contributed by atoms with Gasteiger partial charge in [0, 0.05) is 18.1 Å². The lowest BCUT2D eigenvalue weighted by Crippen LogP contribution is -1.99. The molecule has 3 aromatic rings. The van der Waals surface area contributed by atoms with Crippen LogP contribution in [-0.4, -0.2) is 4.98 Å². The van der Waals surface area contributed by atoms with E-state index in [-0.39, 0.29) is 0 Å². The zero-order valence-electron chi connectivity index (χ0n) is 10.4. The molecule has 3 heteroatoms. The highest BCUT2D eigenvalue weighted by atomic mass is 16.5. The Kier molecular flexibility index (Phi) is 3.12. The predicted octanol–water partition coefficient (Wildman–Crippen LogP) is 3.49. The van der Waals surface area contributed by atoms with Crippen LogP contribution < -0.4 is 10.5 Å². The molecule has 0 saturated heterocycles. The molecule has 0 aliphatic heterocycles. The van der Waals surface area contributed by atoms with Gasteiger partial charge in [-0.3, -0.25) is 0 Å². The summed E-state index contributed by atoms with van der Waals surface area (Å²) in [7, 11) is 0. The summed E-state index contributed by atoms with van der Waals surface area (Å²) in [5, 5.41) is 2.07. The number of fused-ring (bicyclic) bond motifs is 1. The Morgan fingerprint density at radius 1 is 0.895 bits per heavy atom. The molecule has 19 heavy (non-hydrogen) atoms. The molecule has 1 aromatic heterocycles. The van der Waals surface area contributed by atoms with Gasteiger partial charge in [0.15, 0.2) is 0 Å². The molecule has 3 rings (SSSR count). The summed E-state index contributed by atoms with van der Waals surface area (Å²) in [4.78, 5) is 4.37. The molecule has 94 valence electrons. The van der Waals surface area contributed by atoms with Crippen molar-refractivity contribution in [3.8, 4) is 11.6 Å². The number of benzene rings is 2. The lowest BCUT2D eigenvalue weighted by atomic mass is 10.1. The number of aromatic nitrogens is 1. The summed E-state index contributed by atoms with van der Waals surface area (Å²) in [6.45, 7) is 0.471. The van der Waals surface area contributed by atoms with Crippen molar-refractivity contribution in [2.45, 2.75) is 6.54 Å². The average molecular weight is 250 g/mol. The minimum Gasteiger partial charge on any atom is -0.438 e. The van der Waals surface area contributed by atoms with Gasteiger partial charge in [0.1, 0.15) is 5.75 Å². The monoisotopic (exact) mass is 250 g/mol. The van der Waals surface area contributed by atoms with Gasteiger partial charge in [-0.05, 0) is 29.1 Å². The number of hydrogen-bond acceptors (Lipinski definition) is 3. The molecule has 0 saturated carbocycles. The summed E-state index contributed by atoms with van der Waals surface area (Å²) in [6, 6.07) is 17.7. The third kappa shape index (κ3) is 2.28. The van der Waals surface area contributed by atoms with Gasteiger partial charge in [0.05, 0.1) is 0 Å². The van der Waals surface area contributed by atoms with Crippen molar-refractivity contribution >= 4 is 10.8 Å². The normalized spacial score (nSPS) is 10.6. The lowest BCUT2D eigenvalue weighted by molar-refractivity contribution is 0.469. The van der Waals surface area contributed by atoms with Crippen LogP contribution in [0.3, 0.4) is 0 Å². The number of pyridine rings is 1. The highest BCUT2D eigenvalue weighted by molar-refractivity contribution is 5.89. The maximum absolute atomic E-state index is 5.84. The first-order chi connectivity index (χ1) is 9.38. The second kappa shape index (κ2) is 5.08. The summed E-state index contributed by atoms with van der Waals surface area (Å²) < 4.78 is 5.84. The van der Waals surface area contributed by atoms with Crippen LogP contribution in [0.15, 0.2) is 60.8 Å². The van der Waals surface area contributed by atoms with E-state index < -0.39 is 0 Å². The average Bonchev–Trinajstić information content (AvgIpc) is 2.49. The van der Waals surface area contributed by atoms with Crippen molar-refractivity contribution in [2.24, 2.45) is 5.73 Å². The molecule has 0 atom stereocenters. The Hall–Kier alpha value is -2.39. The van der Waals surface area contributed by atoms with Crippen LogP contribution >= 0.6 is 0 Å². The third-order valence-corrected chi connectivity index (χ3v) is 3.02. The summed E-state index contributed by atoms with van der Waals surface area (Å²) >= 11 is 0. The van der Waals surface area contributed by atoms with Gasteiger partial charge in [-0.25, -0.2) is 4.98 Å². The van der Waals surface area contributed by atoms with Crippen LogP contribution in [0.1, 0.15) is 5.56 Å². The van der Waals surface area contributed by atoms with Crippen LogP contribution in [-0.2, 0) is 6.54 Å². The highest BCUT2D eigenvalue weighted by Gasteiger charge is 2.07. The first kappa shape index (κ1) is 11.7. The number of hydrogen-bond donors (Lipinski definition) is 1. The Bertz CT molecular complexity index is 695. The van der Waals surface area contributed by atoms with Crippen molar-refractivity contribution < 1.29 is 4.74 Å². The molecular formula is C16H14N2O. The molecule has 0 fully saturated rings. The molecule has 2 N–H and O–H groups in total. The number of rotatable bonds is 3. The smallest absolute Gasteiger partial charge is 0.227 e. The fourth-order valence-electron chi connectivity index (χ4n) is 2.07. The molecule has 3 nitrogen and oxygen atoms in total. The van der Waals surface area contributed by atoms with Crippen LogP contribution in [0.5, 0.6) is 11.6 Å². The van der Waals surface area contributed by atoms with E-state index in [1.165, 1.54) is 0 Å². The molecule has 0 aliphatic rings. The van der Waals surface area contributed by atoms with Gasteiger partial charge < -0.3 is 10.5 Å². The van der Waals surface area contributed by atoms with E-state index in [2.05, 4.69) is 4.98 Å². The van der Waals surface area contributed by atoms with E-state index in [9.17, 15) is 0 Å². The van der Waals surface area contributed by atoms with Gasteiger partial charge in [-0.15, -0.1) is 0 Å². The molecule has 0 amide bonds. The highest BCUT2D eigenvalue weighted by Crippen LogP contribution is 2.29. The molecule has 0 bridgehead atoms. The minimum atomic E-state index is 0.471. The number of ether oxygens (including phenoxy) is 1. The van der Waals surface area contributed by atoms with Crippen molar-refractivity contribution in [1.82, 2.24) is 4.98 Å². The topological polar surface area (TPSA) is 48.1 Å². The quantitative estimate of drug-likeness (QED) is 0.774. The van der Waals surface area contributed by atoms with E-state index in [1.54, 1.807) is 6.20 Å². The molecular weight excluding hydrogens is 236 g/mol. The van der Waals surface area contributed by atoms with Crippen LogP contribution in [0, 0.1) is 0 Å². The zero-order valence-corrected chi connectivity index (χ0v) is 10.4. The van der Waals surface area contributed by atoms with Gasteiger partial charge in [0.25, 0.3) is 0 Å². The van der Waals surface area contributed by atoms with E-state index in [0.717, 1.165) is 22.1 Å². The van der Waals surface area contributed by atoms with E-state index in [0.29, 0.717) is 12.4 Å². The first-order valence-electron chi connectivity index (χ1n) is 6.18. The van der Waals surface area contributed by atoms with Gasteiger partial charge in [-0.2, -0.15) is 0 Å². The maximum Gasteiger partial charge on any atom is 0.227 e. The van der Waals surface area contributed by atoms with E-state index in [4.69, 9.17) is 10.5 Å². The van der Waals surface area contributed by atoms with Crippen LogP contribution in [0.4, 0.5) is 0 Å². The summed E-state index contributed by atoms with van der Waals surface area (Å²) in [5.74, 6) is 1.39. The SMILES string of the molecule is NCc1cnc(Oc2ccccc2)c2ccccc12. The molecule has 0 radical (unpaired) electrons. The molecule has 2 aromatic carbocycles. The van der Waals surface area contributed by atoms with Gasteiger partial charge in [-0.1, -0.05) is 36.4 Å². The Morgan fingerprint density at radius 2 is 1.58 bits per heavy atom. The minimum absolute atomic E-state index is 0.471. The molecule has 0 spiro atoms. The fraction of sp³-hybridized carbons (Fsp3) is 0.0625. The van der Waals surface area contributed by atoms with Crippen molar-refractivity contribution in [2.75, 3.05) is 0 Å². The first-order valence-corrected chi connectivity index (χ1v) is 6.18. The number of nitrogens with zero attached hydrogens (tertiary/aromatic N) is 1. The standard InChI is InChI=1S/C16H14N2O/c17-10-12-11-18-16(15-9-5-4-8-14(12)15)19-13-6-2-1-3-7-13/h1-9,11H,10,17H2. The molecule has 0 aliphatic carbocycles. The second-order valence-electron chi connectivity index (χ2n) is 4.25. The number of nitrogens with two attached hydrogens (primary N) is 1. The Labute approximate surface area is 111 Å². The molecule has 0 unspecified atom stereocenters.